The number of hydrogen-bond acceptors (Lipinski definition) is 3. The van der Waals surface area contributed by atoms with Crippen LogP contribution in [0.15, 0.2) is 27.6 Å². The van der Waals surface area contributed by atoms with Crippen LogP contribution in [0.2, 0.25) is 0 Å². The van der Waals surface area contributed by atoms with Crippen LogP contribution in [0.4, 0.5) is 0 Å². The van der Waals surface area contributed by atoms with Crippen molar-refractivity contribution in [2.75, 3.05) is 6.54 Å². The van der Waals surface area contributed by atoms with Gasteiger partial charge in [0.25, 0.3) is 5.56 Å². The van der Waals surface area contributed by atoms with Gasteiger partial charge >= 0.3 is 0 Å². The fraction of sp³-hybridized carbons (Fsp3) is 0.462. The third-order valence-electron chi connectivity index (χ3n) is 3.13. The van der Waals surface area contributed by atoms with Crippen LogP contribution in [-0.2, 0) is 16.1 Å². The lowest BCUT2D eigenvalue weighted by atomic mass is 10.1. The van der Waals surface area contributed by atoms with Crippen molar-refractivity contribution in [3.8, 4) is 0 Å². The molecule has 1 aliphatic rings. The second kappa shape index (κ2) is 6.69. The normalized spacial score (nSPS) is 19.1. The van der Waals surface area contributed by atoms with E-state index in [-0.39, 0.29) is 23.9 Å². The smallest absolute Gasteiger partial charge is 0.251 e. The van der Waals surface area contributed by atoms with Gasteiger partial charge in [-0.1, -0.05) is 0 Å². The molecule has 7 heteroatoms. The summed E-state index contributed by atoms with van der Waals surface area (Å²) >= 11 is 3.25. The van der Waals surface area contributed by atoms with Gasteiger partial charge in [-0.3, -0.25) is 14.4 Å². The molecule has 0 aliphatic carbocycles. The van der Waals surface area contributed by atoms with Gasteiger partial charge in [-0.15, -0.1) is 0 Å². The standard InChI is InChI=1S/C13H16BrN3O3/c14-9-4-5-12(19)17(7-9)8-11(18)16-10-3-1-2-6-15-13(10)20/h4-5,7,10H,1-3,6,8H2,(H,15,20)(H,16,18). The molecule has 1 fully saturated rings. The molecule has 6 nitrogen and oxygen atoms in total. The topological polar surface area (TPSA) is 80.2 Å². The quantitative estimate of drug-likeness (QED) is 0.834. The van der Waals surface area contributed by atoms with E-state index in [0.717, 1.165) is 17.3 Å². The van der Waals surface area contributed by atoms with Gasteiger partial charge in [-0.25, -0.2) is 0 Å². The number of nitrogens with one attached hydrogen (secondary N) is 2. The van der Waals surface area contributed by atoms with Gasteiger partial charge < -0.3 is 15.2 Å². The molecule has 1 aliphatic heterocycles. The zero-order valence-corrected chi connectivity index (χ0v) is 12.5. The lowest BCUT2D eigenvalue weighted by Gasteiger charge is -2.15. The number of nitrogens with zero attached hydrogens (tertiary/aromatic N) is 1. The van der Waals surface area contributed by atoms with Gasteiger partial charge in [0.2, 0.25) is 11.8 Å². The van der Waals surface area contributed by atoms with Crippen LogP contribution in [-0.4, -0.2) is 29.0 Å². The Morgan fingerprint density at radius 3 is 3.00 bits per heavy atom. The summed E-state index contributed by atoms with van der Waals surface area (Å²) in [4.78, 5) is 35.3. The van der Waals surface area contributed by atoms with Gasteiger partial charge in [-0.2, -0.15) is 0 Å². The molecular formula is C13H16BrN3O3. The molecule has 0 radical (unpaired) electrons. The minimum Gasteiger partial charge on any atom is -0.354 e. The van der Waals surface area contributed by atoms with E-state index >= 15 is 0 Å². The van der Waals surface area contributed by atoms with E-state index in [0.29, 0.717) is 13.0 Å². The number of amides is 2. The minimum absolute atomic E-state index is 0.0952. The first-order valence-corrected chi connectivity index (χ1v) is 7.28. The first-order valence-electron chi connectivity index (χ1n) is 6.49. The SMILES string of the molecule is O=C(Cn1cc(Br)ccc1=O)NC1CCCCNC1=O. The Bertz CT molecular complexity index is 570. The molecule has 0 bridgehead atoms. The van der Waals surface area contributed by atoms with Crippen molar-refractivity contribution < 1.29 is 9.59 Å². The lowest BCUT2D eigenvalue weighted by molar-refractivity contribution is -0.129. The van der Waals surface area contributed by atoms with Crippen molar-refractivity contribution in [2.45, 2.75) is 31.8 Å². The van der Waals surface area contributed by atoms with E-state index in [2.05, 4.69) is 26.6 Å². The van der Waals surface area contributed by atoms with Gasteiger partial charge in [0.15, 0.2) is 0 Å². The van der Waals surface area contributed by atoms with E-state index in [1.165, 1.54) is 10.6 Å². The maximum absolute atomic E-state index is 11.9. The molecular weight excluding hydrogens is 326 g/mol. The number of hydrogen-bond donors (Lipinski definition) is 2. The molecule has 1 unspecified atom stereocenters. The second-order valence-electron chi connectivity index (χ2n) is 4.72. The Balaban J connectivity index is 1.99. The van der Waals surface area contributed by atoms with Crippen molar-refractivity contribution in [3.05, 3.63) is 33.2 Å². The Labute approximate surface area is 124 Å². The molecule has 2 rings (SSSR count). The van der Waals surface area contributed by atoms with Crippen molar-refractivity contribution in [1.29, 1.82) is 0 Å². The van der Waals surface area contributed by atoms with Crippen LogP contribution in [0.1, 0.15) is 19.3 Å². The number of carbonyl (C=O) groups is 2. The van der Waals surface area contributed by atoms with Crippen LogP contribution >= 0.6 is 15.9 Å². The highest BCUT2D eigenvalue weighted by molar-refractivity contribution is 9.10. The molecule has 1 saturated heterocycles. The zero-order valence-electron chi connectivity index (χ0n) is 10.9. The monoisotopic (exact) mass is 341 g/mol. The Hall–Kier alpha value is -1.63. The summed E-state index contributed by atoms with van der Waals surface area (Å²) in [7, 11) is 0. The minimum atomic E-state index is -0.507. The fourth-order valence-corrected chi connectivity index (χ4v) is 2.48. The Morgan fingerprint density at radius 2 is 2.20 bits per heavy atom. The number of aromatic nitrogens is 1. The maximum atomic E-state index is 11.9. The zero-order chi connectivity index (χ0) is 14.5. The van der Waals surface area contributed by atoms with E-state index in [9.17, 15) is 14.4 Å². The molecule has 0 aromatic carbocycles. The first-order chi connectivity index (χ1) is 9.56. The van der Waals surface area contributed by atoms with E-state index < -0.39 is 6.04 Å². The molecule has 1 atom stereocenters. The number of carbonyl (C=O) groups excluding carboxylic acids is 2. The Kier molecular flexibility index (Phi) is 4.94. The summed E-state index contributed by atoms with van der Waals surface area (Å²) in [6.07, 6.45) is 3.99. The highest BCUT2D eigenvalue weighted by atomic mass is 79.9. The molecule has 1 aromatic rings. The third kappa shape index (κ3) is 3.93. The van der Waals surface area contributed by atoms with Crippen LogP contribution < -0.4 is 16.2 Å². The number of rotatable bonds is 3. The highest BCUT2D eigenvalue weighted by Crippen LogP contribution is 2.06. The average Bonchev–Trinajstić information content (AvgIpc) is 2.59. The summed E-state index contributed by atoms with van der Waals surface area (Å²) < 4.78 is 2.02. The van der Waals surface area contributed by atoms with E-state index in [1.54, 1.807) is 12.3 Å². The lowest BCUT2D eigenvalue weighted by Crippen LogP contribution is -2.47. The number of halogens is 1. The van der Waals surface area contributed by atoms with Crippen molar-refractivity contribution in [2.24, 2.45) is 0 Å². The molecule has 0 saturated carbocycles. The molecule has 108 valence electrons. The van der Waals surface area contributed by atoms with E-state index in [1.807, 2.05) is 0 Å². The first kappa shape index (κ1) is 14.8. The van der Waals surface area contributed by atoms with Crippen molar-refractivity contribution in [1.82, 2.24) is 15.2 Å². The molecule has 1 aromatic heterocycles. The number of pyridine rings is 1. The van der Waals surface area contributed by atoms with Crippen LogP contribution in [0.5, 0.6) is 0 Å². The van der Waals surface area contributed by atoms with Gasteiger partial charge in [-0.05, 0) is 41.3 Å². The predicted octanol–water partition coefficient (Wildman–Crippen LogP) is 0.396. The summed E-state index contributed by atoms with van der Waals surface area (Å²) in [6, 6.07) is 2.50. The summed E-state index contributed by atoms with van der Waals surface area (Å²) in [6.45, 7) is 0.554. The van der Waals surface area contributed by atoms with Gasteiger partial charge in [0.1, 0.15) is 12.6 Å². The molecule has 20 heavy (non-hydrogen) atoms. The predicted molar refractivity (Wildman–Crippen MR) is 77.2 cm³/mol. The van der Waals surface area contributed by atoms with E-state index in [4.69, 9.17) is 0 Å². The molecule has 2 N–H and O–H groups in total. The summed E-state index contributed by atoms with van der Waals surface area (Å²) in [5.41, 5.74) is -0.256. The van der Waals surface area contributed by atoms with Crippen molar-refractivity contribution >= 4 is 27.7 Å². The van der Waals surface area contributed by atoms with Crippen LogP contribution in [0.25, 0.3) is 0 Å². The highest BCUT2D eigenvalue weighted by Gasteiger charge is 2.22. The van der Waals surface area contributed by atoms with Gasteiger partial charge in [0, 0.05) is 23.3 Å². The van der Waals surface area contributed by atoms with Crippen LogP contribution in [0, 0.1) is 0 Å². The second-order valence-corrected chi connectivity index (χ2v) is 5.64. The van der Waals surface area contributed by atoms with Gasteiger partial charge in [0.05, 0.1) is 0 Å². The largest absolute Gasteiger partial charge is 0.354 e. The van der Waals surface area contributed by atoms with Crippen LogP contribution in [0.3, 0.4) is 0 Å². The summed E-state index contributed by atoms with van der Waals surface area (Å²) in [5, 5.41) is 5.43. The average molecular weight is 342 g/mol. The molecule has 0 spiro atoms. The summed E-state index contributed by atoms with van der Waals surface area (Å²) in [5.74, 6) is -0.496. The molecule has 2 heterocycles. The fourth-order valence-electron chi connectivity index (χ4n) is 2.10. The van der Waals surface area contributed by atoms with Crippen molar-refractivity contribution in [3.63, 3.8) is 0 Å². The Morgan fingerprint density at radius 1 is 1.40 bits per heavy atom. The molecule has 2 amide bonds. The maximum Gasteiger partial charge on any atom is 0.251 e. The third-order valence-corrected chi connectivity index (χ3v) is 3.60.